The predicted molar refractivity (Wildman–Crippen MR) is 184 cm³/mol. The first-order valence-corrected chi connectivity index (χ1v) is 15.2. The van der Waals surface area contributed by atoms with Crippen molar-refractivity contribution in [2.24, 2.45) is 5.41 Å². The van der Waals surface area contributed by atoms with Gasteiger partial charge in [0, 0.05) is 27.0 Å². The molecule has 0 radical (unpaired) electrons. The highest BCUT2D eigenvalue weighted by Crippen LogP contribution is 2.38. The van der Waals surface area contributed by atoms with Crippen LogP contribution in [-0.4, -0.2) is 14.5 Å². The van der Waals surface area contributed by atoms with Gasteiger partial charge in [0.1, 0.15) is 0 Å². The smallest absolute Gasteiger partial charge is 0.235 e. The molecule has 0 unspecified atom stereocenters. The van der Waals surface area contributed by atoms with E-state index in [-0.39, 0.29) is 5.41 Å². The van der Waals surface area contributed by atoms with Gasteiger partial charge in [-0.05, 0) is 50.9 Å². The van der Waals surface area contributed by atoms with Gasteiger partial charge in [0.25, 0.3) is 0 Å². The fourth-order valence-electron chi connectivity index (χ4n) is 7.14. The number of para-hydroxylation sites is 1. The van der Waals surface area contributed by atoms with Gasteiger partial charge in [0.15, 0.2) is 0 Å². The van der Waals surface area contributed by atoms with Crippen LogP contribution in [0.3, 0.4) is 0 Å². The van der Waals surface area contributed by atoms with Crippen LogP contribution in [0.25, 0.3) is 83.8 Å². The van der Waals surface area contributed by atoms with Gasteiger partial charge in [-0.3, -0.25) is 4.57 Å². The summed E-state index contributed by atoms with van der Waals surface area (Å²) in [6.07, 6.45) is 4.60. The maximum absolute atomic E-state index is 5.47. The minimum atomic E-state index is -0.129. The van der Waals surface area contributed by atoms with Crippen LogP contribution in [0.4, 0.5) is 0 Å². The van der Waals surface area contributed by atoms with Gasteiger partial charge in [0.2, 0.25) is 5.95 Å². The molecular formula is C41H29N3. The van der Waals surface area contributed by atoms with Crippen LogP contribution in [0.15, 0.2) is 127 Å². The Morgan fingerprint density at radius 2 is 1.14 bits per heavy atom. The highest BCUT2D eigenvalue weighted by atomic mass is 15.2. The van der Waals surface area contributed by atoms with Crippen molar-refractivity contribution < 1.29 is 0 Å². The van der Waals surface area contributed by atoms with Crippen molar-refractivity contribution in [3.05, 3.63) is 138 Å². The lowest BCUT2D eigenvalue weighted by molar-refractivity contribution is 0.723. The van der Waals surface area contributed by atoms with Gasteiger partial charge < -0.3 is 0 Å². The van der Waals surface area contributed by atoms with E-state index in [1.807, 2.05) is 0 Å². The van der Waals surface area contributed by atoms with E-state index in [1.165, 1.54) is 43.4 Å². The van der Waals surface area contributed by atoms with Gasteiger partial charge in [-0.2, -0.15) is 0 Å². The molecule has 0 amide bonds. The van der Waals surface area contributed by atoms with Crippen LogP contribution < -0.4 is 10.6 Å². The van der Waals surface area contributed by atoms with E-state index in [2.05, 4.69) is 158 Å². The van der Waals surface area contributed by atoms with Crippen molar-refractivity contribution in [2.75, 3.05) is 0 Å². The minimum Gasteiger partial charge on any atom is -0.278 e. The van der Waals surface area contributed by atoms with Crippen molar-refractivity contribution >= 4 is 55.5 Å². The largest absolute Gasteiger partial charge is 0.278 e. The molecule has 44 heavy (non-hydrogen) atoms. The number of benzene rings is 6. The number of nitrogens with zero attached hydrogens (tertiary/aromatic N) is 3. The maximum Gasteiger partial charge on any atom is 0.235 e. The van der Waals surface area contributed by atoms with Crippen LogP contribution >= 0.6 is 0 Å². The van der Waals surface area contributed by atoms with Gasteiger partial charge in [0.05, 0.1) is 22.1 Å². The molecule has 0 saturated heterocycles. The minimum absolute atomic E-state index is 0.129. The number of hydrogen-bond acceptors (Lipinski definition) is 2. The van der Waals surface area contributed by atoms with Gasteiger partial charge in [-0.25, -0.2) is 9.97 Å². The predicted octanol–water partition coefficient (Wildman–Crippen LogP) is 8.81. The Bertz CT molecular complexity index is 2580. The Kier molecular flexibility index (Phi) is 5.24. The molecule has 9 rings (SSSR count). The second-order valence-electron chi connectivity index (χ2n) is 12.4. The molecule has 0 bridgehead atoms. The molecular weight excluding hydrogens is 534 g/mol. The summed E-state index contributed by atoms with van der Waals surface area (Å²) in [5.74, 6) is 0.690. The fourth-order valence-corrected chi connectivity index (χ4v) is 7.14. The molecule has 0 N–H and O–H groups in total. The van der Waals surface area contributed by atoms with Crippen LogP contribution in [-0.2, 0) is 0 Å². The highest BCUT2D eigenvalue weighted by molar-refractivity contribution is 6.21. The van der Waals surface area contributed by atoms with Crippen molar-refractivity contribution in [3.8, 4) is 28.3 Å². The first-order chi connectivity index (χ1) is 21.6. The Labute approximate surface area is 255 Å². The third kappa shape index (κ3) is 3.69. The molecule has 3 nitrogen and oxygen atoms in total. The molecule has 8 aromatic rings. The van der Waals surface area contributed by atoms with Crippen LogP contribution in [0.2, 0.25) is 0 Å². The zero-order chi connectivity index (χ0) is 29.4. The molecule has 208 valence electrons. The molecule has 0 aliphatic heterocycles. The van der Waals surface area contributed by atoms with E-state index < -0.39 is 0 Å². The SMILES string of the molecule is CC1(C)C=c2nc(-n3c4ccccc4c4c5ccccc5ccc43)nc(-c3ccccc3-c3cccc4ccccc34)c2=C1. The lowest BCUT2D eigenvalue weighted by Gasteiger charge is -2.14. The van der Waals surface area contributed by atoms with E-state index in [9.17, 15) is 0 Å². The summed E-state index contributed by atoms with van der Waals surface area (Å²) < 4.78 is 2.25. The van der Waals surface area contributed by atoms with E-state index in [0.29, 0.717) is 5.95 Å². The number of fused-ring (bicyclic) bond motifs is 7. The van der Waals surface area contributed by atoms with E-state index in [4.69, 9.17) is 9.97 Å². The van der Waals surface area contributed by atoms with Crippen molar-refractivity contribution in [1.29, 1.82) is 0 Å². The van der Waals surface area contributed by atoms with Crippen LogP contribution in [0.5, 0.6) is 0 Å². The Morgan fingerprint density at radius 3 is 1.98 bits per heavy atom. The topological polar surface area (TPSA) is 30.7 Å². The standard InChI is InChI=1S/C41H29N3/c1-41(2)24-34-35(25-41)42-40(44-36-21-10-9-19-33(36)38-29-16-6-4-13-27(29)22-23-37(38)44)43-39(34)32-18-8-7-17-31(32)30-20-11-14-26-12-3-5-15-28(26)30/h3-25H,1-2H3. The number of rotatable bonds is 3. The second-order valence-corrected chi connectivity index (χ2v) is 12.4. The third-order valence-electron chi connectivity index (χ3n) is 9.01. The molecule has 2 heterocycles. The molecule has 6 aromatic carbocycles. The van der Waals surface area contributed by atoms with Crippen LogP contribution in [0.1, 0.15) is 13.8 Å². The molecule has 0 spiro atoms. The van der Waals surface area contributed by atoms with E-state index in [0.717, 1.165) is 32.9 Å². The second kappa shape index (κ2) is 9.23. The third-order valence-corrected chi connectivity index (χ3v) is 9.01. The van der Waals surface area contributed by atoms with Crippen molar-refractivity contribution in [1.82, 2.24) is 14.5 Å². The molecule has 0 atom stereocenters. The van der Waals surface area contributed by atoms with Gasteiger partial charge in [-0.15, -0.1) is 0 Å². The monoisotopic (exact) mass is 563 g/mol. The average Bonchev–Trinajstić information content (AvgIpc) is 3.57. The summed E-state index contributed by atoms with van der Waals surface area (Å²) in [4.78, 5) is 10.7. The molecule has 0 saturated carbocycles. The van der Waals surface area contributed by atoms with Gasteiger partial charge >= 0.3 is 0 Å². The van der Waals surface area contributed by atoms with Crippen molar-refractivity contribution in [3.63, 3.8) is 0 Å². The Hall–Kier alpha value is -5.54. The summed E-state index contributed by atoms with van der Waals surface area (Å²) in [7, 11) is 0. The lowest BCUT2D eigenvalue weighted by Crippen LogP contribution is -2.31. The van der Waals surface area contributed by atoms with Crippen molar-refractivity contribution in [2.45, 2.75) is 13.8 Å². The zero-order valence-electron chi connectivity index (χ0n) is 24.6. The molecule has 1 aliphatic rings. The Morgan fingerprint density at radius 1 is 0.500 bits per heavy atom. The van der Waals surface area contributed by atoms with Crippen LogP contribution in [0, 0.1) is 5.41 Å². The summed E-state index contributed by atoms with van der Waals surface area (Å²) in [6, 6.07) is 45.5. The summed E-state index contributed by atoms with van der Waals surface area (Å²) in [5.41, 5.74) is 6.53. The molecule has 2 aromatic heterocycles. The molecule has 3 heteroatoms. The Balaban J connectivity index is 1.39. The normalized spacial score (nSPS) is 13.8. The van der Waals surface area contributed by atoms with E-state index >= 15 is 0 Å². The summed E-state index contributed by atoms with van der Waals surface area (Å²) >= 11 is 0. The zero-order valence-corrected chi connectivity index (χ0v) is 24.6. The number of hydrogen-bond donors (Lipinski definition) is 0. The quantitative estimate of drug-likeness (QED) is 0.215. The maximum atomic E-state index is 5.47. The highest BCUT2D eigenvalue weighted by Gasteiger charge is 2.24. The molecule has 0 fully saturated rings. The summed E-state index contributed by atoms with van der Waals surface area (Å²) in [5, 5.41) is 9.45. The first-order valence-electron chi connectivity index (χ1n) is 15.2. The number of aromatic nitrogens is 3. The lowest BCUT2D eigenvalue weighted by atomic mass is 9.92. The molecule has 1 aliphatic carbocycles. The fraction of sp³-hybridized carbons (Fsp3) is 0.0732. The average molecular weight is 564 g/mol. The van der Waals surface area contributed by atoms with Gasteiger partial charge in [-0.1, -0.05) is 135 Å². The van der Waals surface area contributed by atoms with E-state index in [1.54, 1.807) is 0 Å². The summed E-state index contributed by atoms with van der Waals surface area (Å²) in [6.45, 7) is 4.47. The first kappa shape index (κ1) is 25.0.